The van der Waals surface area contributed by atoms with Crippen molar-refractivity contribution >= 4 is 27.3 Å². The van der Waals surface area contributed by atoms with Crippen molar-refractivity contribution in [2.45, 2.75) is 24.3 Å². The fourth-order valence-electron chi connectivity index (χ4n) is 3.91. The number of ether oxygens (including phenoxy) is 2. The Morgan fingerprint density at radius 3 is 2.44 bits per heavy atom. The fourth-order valence-corrected chi connectivity index (χ4v) is 5.63. The summed E-state index contributed by atoms with van der Waals surface area (Å²) >= 11 is 0. The molecule has 1 atom stereocenters. The molecule has 0 unspecified atom stereocenters. The monoisotopic (exact) mass is 452 g/mol. The molecular formula is C24H24N2O5S. The van der Waals surface area contributed by atoms with Gasteiger partial charge in [-0.2, -0.15) is 0 Å². The first-order valence-corrected chi connectivity index (χ1v) is 11.5. The number of nitrogens with one attached hydrogen (secondary N) is 1. The molecular weight excluding hydrogens is 428 g/mol. The molecule has 7 nitrogen and oxygen atoms in total. The Morgan fingerprint density at radius 2 is 1.75 bits per heavy atom. The second-order valence-electron chi connectivity index (χ2n) is 7.53. The van der Waals surface area contributed by atoms with Gasteiger partial charge >= 0.3 is 0 Å². The molecule has 0 saturated carbocycles. The molecule has 0 bridgehead atoms. The van der Waals surface area contributed by atoms with Crippen molar-refractivity contribution < 1.29 is 22.7 Å². The van der Waals surface area contributed by atoms with Crippen molar-refractivity contribution in [1.82, 2.24) is 0 Å². The maximum atomic E-state index is 13.2. The highest BCUT2D eigenvalue weighted by Crippen LogP contribution is 2.37. The van der Waals surface area contributed by atoms with Crippen LogP contribution in [0.3, 0.4) is 0 Å². The second kappa shape index (κ2) is 8.55. The molecule has 4 rings (SSSR count). The largest absolute Gasteiger partial charge is 0.497 e. The summed E-state index contributed by atoms with van der Waals surface area (Å²) in [6, 6.07) is 18.3. The number of hydrogen-bond acceptors (Lipinski definition) is 5. The van der Waals surface area contributed by atoms with Crippen LogP contribution in [0, 0.1) is 0 Å². The Balaban J connectivity index is 1.62. The van der Waals surface area contributed by atoms with E-state index in [0.29, 0.717) is 34.9 Å². The van der Waals surface area contributed by atoms with E-state index in [4.69, 9.17) is 9.47 Å². The van der Waals surface area contributed by atoms with E-state index in [1.165, 1.54) is 11.4 Å². The van der Waals surface area contributed by atoms with Gasteiger partial charge in [-0.05, 0) is 61.4 Å². The predicted molar refractivity (Wildman–Crippen MR) is 123 cm³/mol. The van der Waals surface area contributed by atoms with Crippen LogP contribution < -0.4 is 19.1 Å². The summed E-state index contributed by atoms with van der Waals surface area (Å²) in [5.74, 6) is 0.784. The minimum Gasteiger partial charge on any atom is -0.497 e. The van der Waals surface area contributed by atoms with Crippen LogP contribution in [0.5, 0.6) is 11.5 Å². The van der Waals surface area contributed by atoms with Crippen LogP contribution in [-0.4, -0.2) is 34.6 Å². The van der Waals surface area contributed by atoms with E-state index >= 15 is 0 Å². The SMILES string of the molecule is COc1ccc(NC(=O)c2ccc3c(c2)C[C@@H](C)N3S(=O)(=O)c2ccccc2)c(OC)c1. The van der Waals surface area contributed by atoms with Crippen molar-refractivity contribution in [1.29, 1.82) is 0 Å². The van der Waals surface area contributed by atoms with Gasteiger partial charge in [0, 0.05) is 17.7 Å². The summed E-state index contributed by atoms with van der Waals surface area (Å²) in [5.41, 5.74) is 2.36. The Hall–Kier alpha value is -3.52. The van der Waals surface area contributed by atoms with Gasteiger partial charge in [0.2, 0.25) is 0 Å². The number of hydrogen-bond donors (Lipinski definition) is 1. The van der Waals surface area contributed by atoms with Crippen molar-refractivity contribution in [2.24, 2.45) is 0 Å². The van der Waals surface area contributed by atoms with E-state index in [2.05, 4.69) is 5.32 Å². The molecule has 0 radical (unpaired) electrons. The quantitative estimate of drug-likeness (QED) is 0.609. The Bertz CT molecular complexity index is 1260. The van der Waals surface area contributed by atoms with Gasteiger partial charge in [0.25, 0.3) is 15.9 Å². The molecule has 0 spiro atoms. The number of sulfonamides is 1. The van der Waals surface area contributed by atoms with Gasteiger partial charge in [0.1, 0.15) is 11.5 Å². The molecule has 1 aliphatic heterocycles. The first-order valence-electron chi connectivity index (χ1n) is 10.1. The molecule has 1 aliphatic rings. The smallest absolute Gasteiger partial charge is 0.264 e. The lowest BCUT2D eigenvalue weighted by Crippen LogP contribution is -2.35. The molecule has 8 heteroatoms. The zero-order valence-electron chi connectivity index (χ0n) is 18.0. The number of fused-ring (bicyclic) bond motifs is 1. The van der Waals surface area contributed by atoms with E-state index in [1.807, 2.05) is 6.92 Å². The molecule has 1 amide bonds. The maximum absolute atomic E-state index is 13.2. The number of anilines is 2. The Kier molecular flexibility index (Phi) is 5.80. The number of methoxy groups -OCH3 is 2. The topological polar surface area (TPSA) is 84.9 Å². The molecule has 0 aliphatic carbocycles. The Labute approximate surface area is 187 Å². The highest BCUT2D eigenvalue weighted by molar-refractivity contribution is 7.92. The van der Waals surface area contributed by atoms with Crippen LogP contribution >= 0.6 is 0 Å². The van der Waals surface area contributed by atoms with Gasteiger partial charge in [-0.25, -0.2) is 8.42 Å². The molecule has 1 heterocycles. The Morgan fingerprint density at radius 1 is 1.00 bits per heavy atom. The summed E-state index contributed by atoms with van der Waals surface area (Å²) in [7, 11) is -0.622. The number of nitrogens with zero attached hydrogens (tertiary/aromatic N) is 1. The summed E-state index contributed by atoms with van der Waals surface area (Å²) in [6.45, 7) is 1.86. The predicted octanol–water partition coefficient (Wildman–Crippen LogP) is 4.10. The number of carbonyl (C=O) groups excluding carboxylic acids is 1. The molecule has 32 heavy (non-hydrogen) atoms. The second-order valence-corrected chi connectivity index (χ2v) is 9.35. The van der Waals surface area contributed by atoms with Crippen molar-refractivity contribution in [3.63, 3.8) is 0 Å². The molecule has 3 aromatic rings. The third-order valence-electron chi connectivity index (χ3n) is 5.45. The molecule has 0 saturated heterocycles. The molecule has 1 N–H and O–H groups in total. The van der Waals surface area contributed by atoms with Crippen molar-refractivity contribution in [3.8, 4) is 11.5 Å². The fraction of sp³-hybridized carbons (Fsp3) is 0.208. The van der Waals surface area contributed by atoms with E-state index in [0.717, 1.165) is 5.56 Å². The van der Waals surface area contributed by atoms with Crippen LogP contribution in [0.2, 0.25) is 0 Å². The van der Waals surface area contributed by atoms with Crippen molar-refractivity contribution in [2.75, 3.05) is 23.8 Å². The van der Waals surface area contributed by atoms with Gasteiger partial charge in [-0.3, -0.25) is 9.10 Å². The highest BCUT2D eigenvalue weighted by atomic mass is 32.2. The van der Waals surface area contributed by atoms with Gasteiger partial charge in [0.05, 0.1) is 30.5 Å². The summed E-state index contributed by atoms with van der Waals surface area (Å²) in [5, 5.41) is 2.85. The van der Waals surface area contributed by atoms with E-state index < -0.39 is 10.0 Å². The normalized spacial score (nSPS) is 15.2. The van der Waals surface area contributed by atoms with Crippen LogP contribution in [0.25, 0.3) is 0 Å². The molecule has 0 fully saturated rings. The third-order valence-corrected chi connectivity index (χ3v) is 7.39. The minimum atomic E-state index is -3.69. The number of amides is 1. The molecule has 3 aromatic carbocycles. The maximum Gasteiger partial charge on any atom is 0.264 e. The van der Waals surface area contributed by atoms with Gasteiger partial charge in [0.15, 0.2) is 0 Å². The number of benzene rings is 3. The molecule has 166 valence electrons. The zero-order valence-corrected chi connectivity index (χ0v) is 18.8. The third kappa shape index (κ3) is 3.89. The zero-order chi connectivity index (χ0) is 22.9. The van der Waals surface area contributed by atoms with Gasteiger partial charge in [-0.15, -0.1) is 0 Å². The number of rotatable bonds is 6. The lowest BCUT2D eigenvalue weighted by molar-refractivity contribution is 0.102. The minimum absolute atomic E-state index is 0.244. The summed E-state index contributed by atoms with van der Waals surface area (Å²) in [6.07, 6.45) is 0.522. The first kappa shape index (κ1) is 21.7. The first-order chi connectivity index (χ1) is 15.3. The van der Waals surface area contributed by atoms with Gasteiger partial charge in [-0.1, -0.05) is 18.2 Å². The standard InChI is InChI=1S/C24H24N2O5S/c1-16-13-18-14-17(24(27)25-21-11-10-19(30-2)15-23(21)31-3)9-12-22(18)26(16)32(28,29)20-7-5-4-6-8-20/h4-12,14-16H,13H2,1-3H3,(H,25,27)/t16-/m1/s1. The highest BCUT2D eigenvalue weighted by Gasteiger charge is 2.36. The average molecular weight is 453 g/mol. The number of carbonyl (C=O) groups is 1. The van der Waals surface area contributed by atoms with Crippen molar-refractivity contribution in [3.05, 3.63) is 77.9 Å². The lowest BCUT2D eigenvalue weighted by atomic mass is 10.1. The van der Waals surface area contributed by atoms with E-state index in [-0.39, 0.29) is 16.8 Å². The summed E-state index contributed by atoms with van der Waals surface area (Å²) in [4.78, 5) is 13.1. The lowest BCUT2D eigenvalue weighted by Gasteiger charge is -2.24. The van der Waals surface area contributed by atoms with E-state index in [1.54, 1.807) is 73.8 Å². The average Bonchev–Trinajstić information content (AvgIpc) is 3.15. The van der Waals surface area contributed by atoms with Crippen LogP contribution in [0.15, 0.2) is 71.6 Å². The van der Waals surface area contributed by atoms with Crippen LogP contribution in [0.1, 0.15) is 22.8 Å². The van der Waals surface area contributed by atoms with Gasteiger partial charge < -0.3 is 14.8 Å². The van der Waals surface area contributed by atoms with E-state index in [9.17, 15) is 13.2 Å². The van der Waals surface area contributed by atoms with Crippen LogP contribution in [-0.2, 0) is 16.4 Å². The van der Waals surface area contributed by atoms with Crippen LogP contribution in [0.4, 0.5) is 11.4 Å². The molecule has 0 aromatic heterocycles. The summed E-state index contributed by atoms with van der Waals surface area (Å²) < 4.78 is 38.4.